The summed E-state index contributed by atoms with van der Waals surface area (Å²) in [6, 6.07) is -1.01. The van der Waals surface area contributed by atoms with Crippen molar-refractivity contribution in [1.82, 2.24) is 0 Å². The van der Waals surface area contributed by atoms with Gasteiger partial charge in [0.05, 0.1) is 0 Å². The van der Waals surface area contributed by atoms with Crippen molar-refractivity contribution >= 4 is 0 Å². The molecule has 2 unspecified atom stereocenters. The van der Waals surface area contributed by atoms with Crippen LogP contribution in [0.4, 0.5) is 13.2 Å². The Hall–Kier alpha value is -0.330. The van der Waals surface area contributed by atoms with Crippen LogP contribution in [-0.4, -0.2) is 38.6 Å². The monoisotopic (exact) mass is 229 g/mol. The third kappa shape index (κ3) is 5.96. The van der Waals surface area contributed by atoms with Gasteiger partial charge in [-0.1, -0.05) is 6.92 Å². The lowest BCUT2D eigenvalue weighted by Crippen LogP contribution is -2.46. The predicted molar refractivity (Wildman–Crippen MR) is 50.6 cm³/mol. The number of hydrogen-bond acceptors (Lipinski definition) is 3. The van der Waals surface area contributed by atoms with E-state index in [2.05, 4.69) is 0 Å². The zero-order chi connectivity index (χ0) is 11.9. The van der Waals surface area contributed by atoms with Crippen molar-refractivity contribution in [2.75, 3.05) is 20.3 Å². The Kier molecular flexibility index (Phi) is 6.87. The molecule has 0 aromatic heterocycles. The summed E-state index contributed by atoms with van der Waals surface area (Å²) in [6.07, 6.45) is -5.62. The first-order chi connectivity index (χ1) is 6.93. The number of rotatable bonds is 7. The van der Waals surface area contributed by atoms with Crippen LogP contribution in [0.3, 0.4) is 0 Å². The minimum Gasteiger partial charge on any atom is -0.385 e. The number of hydrogen-bond donors (Lipinski definition) is 1. The zero-order valence-corrected chi connectivity index (χ0v) is 9.01. The minimum atomic E-state index is -4.40. The molecule has 2 atom stereocenters. The molecule has 0 aliphatic rings. The first-order valence-corrected chi connectivity index (χ1v) is 4.86. The Bertz CT molecular complexity index is 164. The predicted octanol–water partition coefficient (Wildman–Crippen LogP) is 1.71. The van der Waals surface area contributed by atoms with Gasteiger partial charge in [0.1, 0.15) is 0 Å². The molecule has 0 spiro atoms. The van der Waals surface area contributed by atoms with E-state index in [1.807, 2.05) is 0 Å². The van der Waals surface area contributed by atoms with Gasteiger partial charge in [-0.25, -0.2) is 0 Å². The lowest BCUT2D eigenvalue weighted by atomic mass is 10.1. The topological polar surface area (TPSA) is 44.5 Å². The Labute approximate surface area is 87.7 Å². The highest BCUT2D eigenvalue weighted by Crippen LogP contribution is 2.25. The van der Waals surface area contributed by atoms with Crippen LogP contribution in [-0.2, 0) is 9.47 Å². The molecular formula is C9H18F3NO2. The van der Waals surface area contributed by atoms with E-state index in [-0.39, 0.29) is 13.0 Å². The molecule has 0 fully saturated rings. The molecule has 0 aliphatic heterocycles. The Morgan fingerprint density at radius 3 is 2.27 bits per heavy atom. The molecule has 92 valence electrons. The Morgan fingerprint density at radius 2 is 1.87 bits per heavy atom. The van der Waals surface area contributed by atoms with E-state index < -0.39 is 18.3 Å². The van der Waals surface area contributed by atoms with Gasteiger partial charge in [-0.05, 0) is 12.8 Å². The van der Waals surface area contributed by atoms with Crippen LogP contribution in [0.15, 0.2) is 0 Å². The van der Waals surface area contributed by atoms with Crippen molar-refractivity contribution in [3.63, 3.8) is 0 Å². The van der Waals surface area contributed by atoms with Crippen molar-refractivity contribution in [2.24, 2.45) is 5.73 Å². The maximum Gasteiger partial charge on any atom is 0.416 e. The third-order valence-corrected chi connectivity index (χ3v) is 1.97. The average Bonchev–Trinajstić information content (AvgIpc) is 2.15. The van der Waals surface area contributed by atoms with E-state index in [4.69, 9.17) is 15.2 Å². The molecule has 3 nitrogen and oxygen atoms in total. The molecule has 0 rings (SSSR count). The van der Waals surface area contributed by atoms with Crippen molar-refractivity contribution in [2.45, 2.75) is 38.1 Å². The normalized spacial score (nSPS) is 16.4. The fourth-order valence-electron chi connectivity index (χ4n) is 1.09. The molecule has 0 saturated carbocycles. The average molecular weight is 229 g/mol. The summed E-state index contributed by atoms with van der Waals surface area (Å²) >= 11 is 0. The molecule has 0 saturated heterocycles. The van der Waals surface area contributed by atoms with Gasteiger partial charge in [0, 0.05) is 26.4 Å². The summed E-state index contributed by atoms with van der Waals surface area (Å²) in [5.74, 6) is 0. The van der Waals surface area contributed by atoms with E-state index in [0.29, 0.717) is 13.0 Å². The van der Waals surface area contributed by atoms with Crippen LogP contribution in [0.2, 0.25) is 0 Å². The SMILES string of the molecule is CCC(N)C(OCCCOC)C(F)(F)F. The molecule has 0 heterocycles. The standard InChI is InChI=1S/C9H18F3NO2/c1-3-7(13)8(9(10,11)12)15-6-4-5-14-2/h7-8H,3-6,13H2,1-2H3. The van der Waals surface area contributed by atoms with Crippen molar-refractivity contribution in [1.29, 1.82) is 0 Å². The van der Waals surface area contributed by atoms with E-state index in [1.54, 1.807) is 6.92 Å². The lowest BCUT2D eigenvalue weighted by Gasteiger charge is -2.25. The quantitative estimate of drug-likeness (QED) is 0.676. The van der Waals surface area contributed by atoms with Crippen LogP contribution >= 0.6 is 0 Å². The number of nitrogens with two attached hydrogens (primary N) is 1. The molecular weight excluding hydrogens is 211 g/mol. The molecule has 0 bridgehead atoms. The highest BCUT2D eigenvalue weighted by Gasteiger charge is 2.43. The van der Waals surface area contributed by atoms with Gasteiger partial charge >= 0.3 is 6.18 Å². The van der Waals surface area contributed by atoms with Crippen molar-refractivity contribution in [3.05, 3.63) is 0 Å². The molecule has 0 aromatic rings. The Balaban J connectivity index is 4.03. The van der Waals surface area contributed by atoms with E-state index >= 15 is 0 Å². The fraction of sp³-hybridized carbons (Fsp3) is 1.00. The summed E-state index contributed by atoms with van der Waals surface area (Å²) in [5.41, 5.74) is 5.34. The summed E-state index contributed by atoms with van der Waals surface area (Å²) in [6.45, 7) is 1.99. The maximum absolute atomic E-state index is 12.4. The molecule has 0 aromatic carbocycles. The van der Waals surface area contributed by atoms with Crippen molar-refractivity contribution in [3.8, 4) is 0 Å². The number of ether oxygens (including phenoxy) is 2. The lowest BCUT2D eigenvalue weighted by molar-refractivity contribution is -0.227. The number of halogens is 3. The van der Waals surface area contributed by atoms with Crippen LogP contribution in [0.1, 0.15) is 19.8 Å². The number of methoxy groups -OCH3 is 1. The van der Waals surface area contributed by atoms with Gasteiger partial charge in [-0.2, -0.15) is 13.2 Å². The maximum atomic E-state index is 12.4. The largest absolute Gasteiger partial charge is 0.416 e. The second kappa shape index (κ2) is 7.03. The molecule has 2 N–H and O–H groups in total. The summed E-state index contributed by atoms with van der Waals surface area (Å²) in [4.78, 5) is 0. The van der Waals surface area contributed by atoms with Gasteiger partial charge < -0.3 is 15.2 Å². The minimum absolute atomic E-state index is 0.00567. The first kappa shape index (κ1) is 14.7. The third-order valence-electron chi connectivity index (χ3n) is 1.97. The van der Waals surface area contributed by atoms with Crippen molar-refractivity contribution < 1.29 is 22.6 Å². The second-order valence-electron chi connectivity index (χ2n) is 3.25. The summed E-state index contributed by atoms with van der Waals surface area (Å²) in [5, 5.41) is 0. The highest BCUT2D eigenvalue weighted by molar-refractivity contribution is 4.79. The van der Waals surface area contributed by atoms with Crippen LogP contribution < -0.4 is 5.73 Å². The summed E-state index contributed by atoms with van der Waals surface area (Å²) < 4.78 is 46.7. The van der Waals surface area contributed by atoms with Gasteiger partial charge in [0.15, 0.2) is 6.10 Å². The van der Waals surface area contributed by atoms with E-state index in [1.165, 1.54) is 7.11 Å². The molecule has 0 radical (unpaired) electrons. The van der Waals surface area contributed by atoms with E-state index in [0.717, 1.165) is 0 Å². The van der Waals surface area contributed by atoms with Gasteiger partial charge in [-0.3, -0.25) is 0 Å². The molecule has 0 amide bonds. The van der Waals surface area contributed by atoms with Crippen LogP contribution in [0, 0.1) is 0 Å². The smallest absolute Gasteiger partial charge is 0.385 e. The van der Waals surface area contributed by atoms with Gasteiger partial charge in [0.25, 0.3) is 0 Å². The van der Waals surface area contributed by atoms with E-state index in [9.17, 15) is 13.2 Å². The summed E-state index contributed by atoms with van der Waals surface area (Å²) in [7, 11) is 1.49. The van der Waals surface area contributed by atoms with Crippen LogP contribution in [0.25, 0.3) is 0 Å². The second-order valence-corrected chi connectivity index (χ2v) is 3.25. The van der Waals surface area contributed by atoms with Gasteiger partial charge in [-0.15, -0.1) is 0 Å². The first-order valence-electron chi connectivity index (χ1n) is 4.86. The fourth-order valence-corrected chi connectivity index (χ4v) is 1.09. The zero-order valence-electron chi connectivity index (χ0n) is 9.01. The van der Waals surface area contributed by atoms with Gasteiger partial charge in [0.2, 0.25) is 0 Å². The van der Waals surface area contributed by atoms with Crippen LogP contribution in [0.5, 0.6) is 0 Å². The highest BCUT2D eigenvalue weighted by atomic mass is 19.4. The Morgan fingerprint density at radius 1 is 1.27 bits per heavy atom. The molecule has 6 heteroatoms. The molecule has 0 aliphatic carbocycles. The molecule has 15 heavy (non-hydrogen) atoms. The number of alkyl halides is 3.